The number of furan rings is 1. The number of nitrogens with zero attached hydrogens (tertiary/aromatic N) is 2. The molecule has 1 spiro atoms. The van der Waals surface area contributed by atoms with E-state index in [1.54, 1.807) is 18.0 Å². The molecule has 0 bridgehead atoms. The van der Waals surface area contributed by atoms with E-state index in [0.29, 0.717) is 25.4 Å². The van der Waals surface area contributed by atoms with Crippen molar-refractivity contribution in [2.24, 2.45) is 0 Å². The summed E-state index contributed by atoms with van der Waals surface area (Å²) in [5.74, 6) is 1.57. The van der Waals surface area contributed by atoms with Crippen molar-refractivity contribution in [3.05, 3.63) is 59.5 Å². The van der Waals surface area contributed by atoms with Crippen molar-refractivity contribution in [1.29, 1.82) is 0 Å². The summed E-state index contributed by atoms with van der Waals surface area (Å²) in [6.07, 6.45) is 6.65. The number of aryl methyl sites for hydroxylation is 1. The van der Waals surface area contributed by atoms with Crippen molar-refractivity contribution in [3.8, 4) is 0 Å². The minimum atomic E-state index is -0.218. The summed E-state index contributed by atoms with van der Waals surface area (Å²) < 4.78 is 5.46. The van der Waals surface area contributed by atoms with Crippen LogP contribution >= 0.6 is 11.8 Å². The van der Waals surface area contributed by atoms with Crippen LogP contribution in [0.2, 0.25) is 0 Å². The molecule has 2 amide bonds. The number of hydrogen-bond acceptors (Lipinski definition) is 4. The summed E-state index contributed by atoms with van der Waals surface area (Å²) in [5, 5.41) is 0. The highest BCUT2D eigenvalue weighted by Crippen LogP contribution is 2.45. The summed E-state index contributed by atoms with van der Waals surface area (Å²) >= 11 is 1.72. The number of benzene rings is 1. The van der Waals surface area contributed by atoms with E-state index < -0.39 is 0 Å². The van der Waals surface area contributed by atoms with E-state index >= 15 is 0 Å². The van der Waals surface area contributed by atoms with E-state index in [1.165, 1.54) is 18.4 Å². The maximum Gasteiger partial charge on any atom is 0.253 e. The summed E-state index contributed by atoms with van der Waals surface area (Å²) in [6, 6.07) is 11.8. The molecule has 3 heterocycles. The first-order chi connectivity index (χ1) is 14.1. The van der Waals surface area contributed by atoms with Gasteiger partial charge in [-0.3, -0.25) is 9.59 Å². The molecule has 29 heavy (non-hydrogen) atoms. The molecule has 1 aromatic carbocycles. The van der Waals surface area contributed by atoms with E-state index in [9.17, 15) is 9.59 Å². The van der Waals surface area contributed by atoms with Gasteiger partial charge >= 0.3 is 0 Å². The first-order valence-corrected chi connectivity index (χ1v) is 11.4. The van der Waals surface area contributed by atoms with Crippen molar-refractivity contribution in [2.75, 3.05) is 18.8 Å². The molecule has 0 N–H and O–H groups in total. The Bertz CT molecular complexity index is 840. The molecule has 5 nitrogen and oxygen atoms in total. The predicted molar refractivity (Wildman–Crippen MR) is 115 cm³/mol. The van der Waals surface area contributed by atoms with Crippen LogP contribution in [0.3, 0.4) is 0 Å². The number of unbranched alkanes of at least 4 members (excludes halogenated alkanes) is 1. The molecule has 0 unspecified atom stereocenters. The largest absolute Gasteiger partial charge is 0.467 e. The quantitative estimate of drug-likeness (QED) is 0.709. The highest BCUT2D eigenvalue weighted by Gasteiger charge is 2.48. The van der Waals surface area contributed by atoms with Gasteiger partial charge in [0, 0.05) is 18.7 Å². The van der Waals surface area contributed by atoms with Gasteiger partial charge in [-0.1, -0.05) is 25.5 Å². The molecule has 6 heteroatoms. The summed E-state index contributed by atoms with van der Waals surface area (Å²) in [4.78, 5) is 29.1. The average Bonchev–Trinajstić information content (AvgIpc) is 3.37. The Morgan fingerprint density at radius 3 is 2.59 bits per heavy atom. The molecular weight excluding hydrogens is 384 g/mol. The van der Waals surface area contributed by atoms with Gasteiger partial charge in [0.25, 0.3) is 5.91 Å². The van der Waals surface area contributed by atoms with Crippen molar-refractivity contribution < 1.29 is 14.0 Å². The lowest BCUT2D eigenvalue weighted by molar-refractivity contribution is -0.132. The van der Waals surface area contributed by atoms with Crippen LogP contribution in [0.1, 0.15) is 54.3 Å². The number of rotatable bonds is 6. The van der Waals surface area contributed by atoms with Gasteiger partial charge in [-0.25, -0.2) is 0 Å². The second kappa shape index (κ2) is 8.66. The minimum absolute atomic E-state index is 0.0915. The van der Waals surface area contributed by atoms with Crippen LogP contribution in [0, 0.1) is 0 Å². The lowest BCUT2D eigenvalue weighted by Crippen LogP contribution is -2.52. The molecule has 1 aromatic heterocycles. The monoisotopic (exact) mass is 412 g/mol. The third kappa shape index (κ3) is 4.22. The third-order valence-corrected chi connectivity index (χ3v) is 7.56. The van der Waals surface area contributed by atoms with Gasteiger partial charge in [0.15, 0.2) is 0 Å². The Morgan fingerprint density at radius 2 is 1.93 bits per heavy atom. The Morgan fingerprint density at radius 1 is 1.17 bits per heavy atom. The highest BCUT2D eigenvalue weighted by molar-refractivity contribution is 8.01. The maximum absolute atomic E-state index is 13.0. The molecule has 154 valence electrons. The van der Waals surface area contributed by atoms with Crippen molar-refractivity contribution in [3.63, 3.8) is 0 Å². The number of piperidine rings is 1. The van der Waals surface area contributed by atoms with E-state index in [4.69, 9.17) is 4.42 Å². The number of amides is 2. The molecule has 2 saturated heterocycles. The Hall–Kier alpha value is -2.21. The average molecular weight is 413 g/mol. The summed E-state index contributed by atoms with van der Waals surface area (Å²) in [6.45, 7) is 4.04. The normalized spacial score (nSPS) is 18.6. The lowest BCUT2D eigenvalue weighted by Gasteiger charge is -2.43. The second-order valence-electron chi connectivity index (χ2n) is 7.89. The molecule has 0 radical (unpaired) electrons. The molecule has 4 rings (SSSR count). The molecule has 2 aliphatic rings. The Balaban J connectivity index is 1.39. The standard InChI is InChI=1S/C23H28N2O3S/c1-2-3-5-18-7-9-19(10-8-18)22(27)24-13-11-23(12-14-24)25(21(26)17-29-23)16-20-6-4-15-28-20/h4,6-10,15H,2-3,5,11-14,16-17H2,1H3. The van der Waals surface area contributed by atoms with Gasteiger partial charge in [0.05, 0.1) is 23.4 Å². The van der Waals surface area contributed by atoms with Crippen molar-refractivity contribution in [2.45, 2.75) is 50.4 Å². The van der Waals surface area contributed by atoms with Gasteiger partial charge in [0.1, 0.15) is 5.76 Å². The summed E-state index contributed by atoms with van der Waals surface area (Å²) in [5.41, 5.74) is 2.04. The molecule has 0 saturated carbocycles. The van der Waals surface area contributed by atoms with Crippen LogP contribution in [0.25, 0.3) is 0 Å². The number of hydrogen-bond donors (Lipinski definition) is 0. The molecule has 0 atom stereocenters. The van der Waals surface area contributed by atoms with Crippen molar-refractivity contribution >= 4 is 23.6 Å². The van der Waals surface area contributed by atoms with E-state index in [-0.39, 0.29) is 16.7 Å². The number of thioether (sulfide) groups is 1. The fraction of sp³-hybridized carbons (Fsp3) is 0.478. The molecule has 2 fully saturated rings. The van der Waals surface area contributed by atoms with Gasteiger partial charge < -0.3 is 14.2 Å². The molecule has 2 aromatic rings. The topological polar surface area (TPSA) is 53.8 Å². The van der Waals surface area contributed by atoms with Crippen LogP contribution in [-0.2, 0) is 17.8 Å². The fourth-order valence-corrected chi connectivity index (χ4v) is 5.56. The zero-order chi connectivity index (χ0) is 20.3. The minimum Gasteiger partial charge on any atom is -0.467 e. The predicted octanol–water partition coefficient (Wildman–Crippen LogP) is 4.33. The summed E-state index contributed by atoms with van der Waals surface area (Å²) in [7, 11) is 0. The van der Waals surface area contributed by atoms with E-state index in [0.717, 1.165) is 30.6 Å². The first-order valence-electron chi connectivity index (χ1n) is 10.5. The van der Waals surface area contributed by atoms with E-state index in [1.807, 2.05) is 34.1 Å². The van der Waals surface area contributed by atoms with Gasteiger partial charge in [-0.15, -0.1) is 11.8 Å². The Labute approximate surface area is 176 Å². The zero-order valence-corrected chi connectivity index (χ0v) is 17.7. The van der Waals surface area contributed by atoms with Crippen LogP contribution in [0.15, 0.2) is 47.1 Å². The Kier molecular flexibility index (Phi) is 5.99. The van der Waals surface area contributed by atoms with Gasteiger partial charge in [0.2, 0.25) is 5.91 Å². The zero-order valence-electron chi connectivity index (χ0n) is 16.9. The first kappa shape index (κ1) is 20.1. The van der Waals surface area contributed by atoms with Gasteiger partial charge in [-0.2, -0.15) is 0 Å². The van der Waals surface area contributed by atoms with Crippen LogP contribution in [0.4, 0.5) is 0 Å². The third-order valence-electron chi connectivity index (χ3n) is 6.00. The highest BCUT2D eigenvalue weighted by atomic mass is 32.2. The maximum atomic E-state index is 13.0. The van der Waals surface area contributed by atoms with Crippen molar-refractivity contribution in [1.82, 2.24) is 9.80 Å². The second-order valence-corrected chi connectivity index (χ2v) is 9.22. The molecular formula is C23H28N2O3S. The SMILES string of the molecule is CCCCc1ccc(C(=O)N2CCC3(CC2)SCC(=O)N3Cc2ccco2)cc1. The van der Waals surface area contributed by atoms with Crippen LogP contribution < -0.4 is 0 Å². The smallest absolute Gasteiger partial charge is 0.253 e. The lowest BCUT2D eigenvalue weighted by atomic mass is 10.00. The number of carbonyl (C=O) groups excluding carboxylic acids is 2. The fourth-order valence-electron chi connectivity index (χ4n) is 4.22. The molecule has 2 aliphatic heterocycles. The number of carbonyl (C=O) groups is 2. The number of likely N-dealkylation sites (tertiary alicyclic amines) is 1. The molecule has 0 aliphatic carbocycles. The van der Waals surface area contributed by atoms with Crippen LogP contribution in [-0.4, -0.2) is 45.3 Å². The van der Waals surface area contributed by atoms with Gasteiger partial charge in [-0.05, 0) is 55.5 Å². The van der Waals surface area contributed by atoms with Crippen LogP contribution in [0.5, 0.6) is 0 Å². The van der Waals surface area contributed by atoms with E-state index in [2.05, 4.69) is 19.1 Å².